The van der Waals surface area contributed by atoms with Gasteiger partial charge >= 0.3 is 0 Å². The summed E-state index contributed by atoms with van der Waals surface area (Å²) in [7, 11) is 0. The maximum absolute atomic E-state index is 15.4. The molecule has 0 radical (unpaired) electrons. The molecule has 0 saturated carbocycles. The number of benzene rings is 1. The number of anilines is 4. The first-order chi connectivity index (χ1) is 18.6. The molecule has 0 atom stereocenters. The quantitative estimate of drug-likeness (QED) is 0.408. The van der Waals surface area contributed by atoms with Crippen molar-refractivity contribution in [2.45, 2.75) is 6.92 Å². The van der Waals surface area contributed by atoms with Gasteiger partial charge in [0.15, 0.2) is 5.82 Å². The number of aromatic nitrogens is 3. The molecule has 38 heavy (non-hydrogen) atoms. The summed E-state index contributed by atoms with van der Waals surface area (Å²) in [6.45, 7) is 7.27. The average Bonchev–Trinajstić information content (AvgIpc) is 2.95. The van der Waals surface area contributed by atoms with Crippen molar-refractivity contribution in [3.05, 3.63) is 66.1 Å². The Balaban J connectivity index is 1.52. The van der Waals surface area contributed by atoms with E-state index in [0.717, 1.165) is 47.5 Å². The van der Waals surface area contributed by atoms with Gasteiger partial charge in [-0.1, -0.05) is 0 Å². The summed E-state index contributed by atoms with van der Waals surface area (Å²) < 4.78 is 40.7. The van der Waals surface area contributed by atoms with Gasteiger partial charge in [0.2, 0.25) is 0 Å². The van der Waals surface area contributed by atoms with Crippen molar-refractivity contribution in [2.24, 2.45) is 0 Å². The molecule has 2 saturated heterocycles. The van der Waals surface area contributed by atoms with Gasteiger partial charge in [-0.2, -0.15) is 0 Å². The number of fused-ring (bicyclic) bond motifs is 1. The highest BCUT2D eigenvalue weighted by Gasteiger charge is 2.23. The highest BCUT2D eigenvalue weighted by molar-refractivity contribution is 5.99. The molecule has 1 N–H and O–H groups in total. The van der Waals surface area contributed by atoms with Gasteiger partial charge in [-0.15, -0.1) is 0 Å². The summed E-state index contributed by atoms with van der Waals surface area (Å²) in [6.07, 6.45) is 5.24. The number of hydrogen-bond acceptors (Lipinski definition) is 8. The highest BCUT2D eigenvalue weighted by atomic mass is 19.1. The molecule has 10 heteroatoms. The van der Waals surface area contributed by atoms with Gasteiger partial charge in [0.05, 0.1) is 66.3 Å². The van der Waals surface area contributed by atoms with E-state index in [-0.39, 0.29) is 10.9 Å². The summed E-state index contributed by atoms with van der Waals surface area (Å²) in [5.41, 5.74) is 4.49. The van der Waals surface area contributed by atoms with Gasteiger partial charge in [-0.25, -0.2) is 18.7 Å². The Labute approximate surface area is 219 Å². The predicted octanol–water partition coefficient (Wildman–Crippen LogP) is 4.70. The van der Waals surface area contributed by atoms with Crippen LogP contribution in [-0.2, 0) is 9.47 Å². The van der Waals surface area contributed by atoms with Crippen LogP contribution in [0.4, 0.5) is 31.7 Å². The van der Waals surface area contributed by atoms with Gasteiger partial charge < -0.3 is 24.6 Å². The fraction of sp³-hybridized carbons (Fsp3) is 0.321. The molecular formula is C28H28F2N6O2. The molecule has 0 spiro atoms. The summed E-state index contributed by atoms with van der Waals surface area (Å²) in [4.78, 5) is 18.1. The SMILES string of the molecule is Cc1c(-c2cccnc2)nc2cc(F)cc(F)c2c1Nc1cc(N2CCOCC2)cnc1N1CCOCC1. The van der Waals surface area contributed by atoms with Crippen molar-refractivity contribution in [3.8, 4) is 11.3 Å². The minimum absolute atomic E-state index is 0.222. The average molecular weight is 519 g/mol. The molecule has 0 amide bonds. The van der Waals surface area contributed by atoms with Crippen molar-refractivity contribution < 1.29 is 18.3 Å². The van der Waals surface area contributed by atoms with Crippen LogP contribution in [0.5, 0.6) is 0 Å². The molecule has 6 rings (SSSR count). The molecule has 2 aliphatic rings. The summed E-state index contributed by atoms with van der Waals surface area (Å²) in [5, 5.41) is 3.73. The standard InChI is InChI=1S/C28H28F2N6O2/c1-18-26(19-3-2-4-31-16-19)33-23-14-20(29)13-22(30)25(23)27(18)34-24-15-21(35-5-9-37-10-6-35)17-32-28(24)36-7-11-38-12-8-36/h2-4,13-17H,5-12H2,1H3,(H,33,34). The Hall–Kier alpha value is -3.89. The Morgan fingerprint density at radius 1 is 0.921 bits per heavy atom. The van der Waals surface area contributed by atoms with E-state index in [1.54, 1.807) is 12.4 Å². The molecule has 1 aromatic carbocycles. The summed E-state index contributed by atoms with van der Waals surface area (Å²) >= 11 is 0. The second-order valence-electron chi connectivity index (χ2n) is 9.37. The van der Waals surface area contributed by atoms with Crippen LogP contribution in [0.3, 0.4) is 0 Å². The van der Waals surface area contributed by atoms with Crippen molar-refractivity contribution in [3.63, 3.8) is 0 Å². The van der Waals surface area contributed by atoms with E-state index < -0.39 is 11.6 Å². The van der Waals surface area contributed by atoms with Crippen LogP contribution >= 0.6 is 0 Å². The Morgan fingerprint density at radius 3 is 2.37 bits per heavy atom. The number of rotatable bonds is 5. The second kappa shape index (κ2) is 10.5. The normalized spacial score (nSPS) is 16.2. The van der Waals surface area contributed by atoms with Crippen molar-refractivity contribution in [2.75, 3.05) is 67.7 Å². The van der Waals surface area contributed by atoms with Crippen molar-refractivity contribution in [1.29, 1.82) is 0 Å². The molecule has 2 aliphatic heterocycles. The Kier molecular flexibility index (Phi) is 6.73. The summed E-state index contributed by atoms with van der Waals surface area (Å²) in [6, 6.07) is 7.89. The predicted molar refractivity (Wildman–Crippen MR) is 143 cm³/mol. The maximum atomic E-state index is 15.4. The zero-order valence-electron chi connectivity index (χ0n) is 21.1. The Bertz CT molecular complexity index is 1460. The lowest BCUT2D eigenvalue weighted by molar-refractivity contribution is 0.122. The highest BCUT2D eigenvalue weighted by Crippen LogP contribution is 2.39. The molecule has 4 aromatic rings. The van der Waals surface area contributed by atoms with E-state index in [1.807, 2.05) is 31.3 Å². The maximum Gasteiger partial charge on any atom is 0.152 e. The smallest absolute Gasteiger partial charge is 0.152 e. The molecular weight excluding hydrogens is 490 g/mol. The Morgan fingerprint density at radius 2 is 1.66 bits per heavy atom. The third kappa shape index (κ3) is 4.72. The van der Waals surface area contributed by atoms with E-state index in [4.69, 9.17) is 14.5 Å². The zero-order chi connectivity index (χ0) is 26.1. The van der Waals surface area contributed by atoms with Crippen LogP contribution in [0.15, 0.2) is 48.9 Å². The molecule has 0 unspecified atom stereocenters. The number of nitrogens with zero attached hydrogens (tertiary/aromatic N) is 5. The van der Waals surface area contributed by atoms with Gasteiger partial charge in [-0.3, -0.25) is 4.98 Å². The fourth-order valence-electron chi connectivity index (χ4n) is 5.04. The largest absolute Gasteiger partial charge is 0.378 e. The number of pyridine rings is 3. The molecule has 2 fully saturated rings. The fourth-order valence-corrected chi connectivity index (χ4v) is 5.04. The van der Waals surface area contributed by atoms with E-state index >= 15 is 4.39 Å². The van der Waals surface area contributed by atoms with Gasteiger partial charge in [0, 0.05) is 56.3 Å². The van der Waals surface area contributed by atoms with Crippen molar-refractivity contribution >= 4 is 33.8 Å². The monoisotopic (exact) mass is 518 g/mol. The van der Waals surface area contributed by atoms with Crippen LogP contribution in [0.2, 0.25) is 0 Å². The first-order valence-electron chi connectivity index (χ1n) is 12.7. The number of nitrogens with one attached hydrogen (secondary N) is 1. The van der Waals surface area contributed by atoms with Crippen LogP contribution in [0.1, 0.15) is 5.56 Å². The van der Waals surface area contributed by atoms with Crippen LogP contribution in [0, 0.1) is 18.6 Å². The minimum atomic E-state index is -0.681. The van der Waals surface area contributed by atoms with Gasteiger partial charge in [0.1, 0.15) is 11.6 Å². The van der Waals surface area contributed by atoms with E-state index in [2.05, 4.69) is 25.1 Å². The van der Waals surface area contributed by atoms with Crippen molar-refractivity contribution in [1.82, 2.24) is 15.0 Å². The zero-order valence-corrected chi connectivity index (χ0v) is 21.1. The number of halogens is 2. The van der Waals surface area contributed by atoms with Gasteiger partial charge in [-0.05, 0) is 30.7 Å². The number of ether oxygens (including phenoxy) is 2. The van der Waals surface area contributed by atoms with E-state index in [0.29, 0.717) is 50.9 Å². The molecule has 5 heterocycles. The first kappa shape index (κ1) is 24.4. The van der Waals surface area contributed by atoms with E-state index in [9.17, 15) is 4.39 Å². The molecule has 196 valence electrons. The van der Waals surface area contributed by atoms with E-state index in [1.165, 1.54) is 6.07 Å². The molecule has 8 nitrogen and oxygen atoms in total. The number of hydrogen-bond donors (Lipinski definition) is 1. The van der Waals surface area contributed by atoms with Crippen LogP contribution in [0.25, 0.3) is 22.2 Å². The summed E-state index contributed by atoms with van der Waals surface area (Å²) in [5.74, 6) is -0.611. The second-order valence-corrected chi connectivity index (χ2v) is 9.37. The third-order valence-corrected chi connectivity index (χ3v) is 6.98. The first-order valence-corrected chi connectivity index (χ1v) is 12.7. The minimum Gasteiger partial charge on any atom is -0.378 e. The van der Waals surface area contributed by atoms with Crippen LogP contribution < -0.4 is 15.1 Å². The lowest BCUT2D eigenvalue weighted by Crippen LogP contribution is -2.38. The lowest BCUT2D eigenvalue weighted by atomic mass is 10.0. The molecule has 0 aliphatic carbocycles. The molecule has 3 aromatic heterocycles. The number of morpholine rings is 2. The lowest BCUT2D eigenvalue weighted by Gasteiger charge is -2.32. The van der Waals surface area contributed by atoms with Gasteiger partial charge in [0.25, 0.3) is 0 Å². The topological polar surface area (TPSA) is 75.6 Å². The molecule has 0 bridgehead atoms. The van der Waals surface area contributed by atoms with Crippen LogP contribution in [-0.4, -0.2) is 67.6 Å². The third-order valence-electron chi connectivity index (χ3n) is 6.98.